The number of hydrogen-bond acceptors (Lipinski definition) is 5. The predicted octanol–water partition coefficient (Wildman–Crippen LogP) is 5.37. The lowest BCUT2D eigenvalue weighted by Crippen LogP contribution is -2.27. The van der Waals surface area contributed by atoms with Crippen LogP contribution in [0.15, 0.2) is 83.8 Å². The minimum absolute atomic E-state index is 0.0814. The molecule has 0 N–H and O–H groups in total. The van der Waals surface area contributed by atoms with Crippen molar-refractivity contribution in [1.82, 2.24) is 4.90 Å². The van der Waals surface area contributed by atoms with Crippen LogP contribution in [0.2, 0.25) is 0 Å². The molecular formula is C25H18N2O3S. The molecule has 0 radical (unpaired) electrons. The van der Waals surface area contributed by atoms with Crippen molar-refractivity contribution in [2.24, 2.45) is 0 Å². The lowest BCUT2D eigenvalue weighted by atomic mass is 10.1. The van der Waals surface area contributed by atoms with Crippen molar-refractivity contribution in [1.29, 1.82) is 5.26 Å². The molecule has 2 amide bonds. The number of hydrogen-bond donors (Lipinski definition) is 0. The van der Waals surface area contributed by atoms with E-state index in [9.17, 15) is 14.9 Å². The number of ether oxygens (including phenoxy) is 1. The Bertz CT molecular complexity index is 1180. The quantitative estimate of drug-likeness (QED) is 0.495. The average Bonchev–Trinajstić information content (AvgIpc) is 3.07. The maximum Gasteiger partial charge on any atom is 0.293 e. The Morgan fingerprint density at radius 3 is 2.39 bits per heavy atom. The molecule has 4 rings (SSSR count). The Balaban J connectivity index is 1.43. The van der Waals surface area contributed by atoms with Crippen LogP contribution in [0.5, 0.6) is 5.75 Å². The predicted molar refractivity (Wildman–Crippen MR) is 120 cm³/mol. The molecule has 3 aromatic rings. The molecule has 1 saturated heterocycles. The SMILES string of the molecule is N#Cc1ccccc1CN1C(=O)S/C(=C/c2ccc(OCc3ccccc3)cc2)C1=O. The summed E-state index contributed by atoms with van der Waals surface area (Å²) in [5, 5.41) is 8.89. The molecule has 0 unspecified atom stereocenters. The van der Waals surface area contributed by atoms with E-state index in [1.54, 1.807) is 30.3 Å². The fourth-order valence-electron chi connectivity index (χ4n) is 3.13. The molecule has 0 aliphatic carbocycles. The molecule has 31 heavy (non-hydrogen) atoms. The van der Waals surface area contributed by atoms with Crippen LogP contribution in [0.4, 0.5) is 4.79 Å². The van der Waals surface area contributed by atoms with E-state index in [2.05, 4.69) is 6.07 Å². The van der Waals surface area contributed by atoms with Gasteiger partial charge in [0, 0.05) is 0 Å². The number of benzene rings is 3. The molecular weight excluding hydrogens is 408 g/mol. The van der Waals surface area contributed by atoms with Gasteiger partial charge >= 0.3 is 0 Å². The molecule has 0 aromatic heterocycles. The normalized spacial score (nSPS) is 14.7. The molecule has 0 atom stereocenters. The third-order valence-corrected chi connectivity index (χ3v) is 5.67. The lowest BCUT2D eigenvalue weighted by Gasteiger charge is -2.13. The first-order valence-electron chi connectivity index (χ1n) is 9.64. The van der Waals surface area contributed by atoms with Crippen molar-refractivity contribution in [3.63, 3.8) is 0 Å². The van der Waals surface area contributed by atoms with Crippen molar-refractivity contribution in [3.05, 3.63) is 106 Å². The highest BCUT2D eigenvalue weighted by Gasteiger charge is 2.35. The second-order valence-electron chi connectivity index (χ2n) is 6.88. The number of carbonyl (C=O) groups is 2. The summed E-state index contributed by atoms with van der Waals surface area (Å²) in [6, 6.07) is 26.3. The van der Waals surface area contributed by atoms with Crippen molar-refractivity contribution in [2.75, 3.05) is 0 Å². The van der Waals surface area contributed by atoms with E-state index in [4.69, 9.17) is 4.74 Å². The van der Waals surface area contributed by atoms with E-state index in [0.717, 1.165) is 28.6 Å². The van der Waals surface area contributed by atoms with Gasteiger partial charge in [-0.15, -0.1) is 0 Å². The minimum atomic E-state index is -0.354. The summed E-state index contributed by atoms with van der Waals surface area (Å²) in [5.74, 6) is 0.370. The van der Waals surface area contributed by atoms with E-state index >= 15 is 0 Å². The number of imide groups is 1. The van der Waals surface area contributed by atoms with Crippen LogP contribution in [0, 0.1) is 11.3 Å². The monoisotopic (exact) mass is 426 g/mol. The van der Waals surface area contributed by atoms with Gasteiger partial charge in [-0.1, -0.05) is 60.7 Å². The van der Waals surface area contributed by atoms with Gasteiger partial charge in [0.15, 0.2) is 0 Å². The Morgan fingerprint density at radius 1 is 0.935 bits per heavy atom. The van der Waals surface area contributed by atoms with E-state index < -0.39 is 0 Å². The first-order valence-corrected chi connectivity index (χ1v) is 10.5. The van der Waals surface area contributed by atoms with Crippen molar-refractivity contribution in [2.45, 2.75) is 13.2 Å². The van der Waals surface area contributed by atoms with Crippen molar-refractivity contribution in [3.8, 4) is 11.8 Å². The van der Waals surface area contributed by atoms with Crippen LogP contribution >= 0.6 is 11.8 Å². The summed E-state index contributed by atoms with van der Waals surface area (Å²) in [6.07, 6.45) is 1.70. The van der Waals surface area contributed by atoms with Crippen LogP contribution in [-0.4, -0.2) is 16.0 Å². The Morgan fingerprint density at radius 2 is 1.65 bits per heavy atom. The molecule has 0 bridgehead atoms. The zero-order valence-electron chi connectivity index (χ0n) is 16.5. The molecule has 1 fully saturated rings. The summed E-state index contributed by atoms with van der Waals surface area (Å²) in [6.45, 7) is 0.557. The number of rotatable bonds is 6. The van der Waals surface area contributed by atoms with Crippen molar-refractivity contribution < 1.29 is 14.3 Å². The highest BCUT2D eigenvalue weighted by Crippen LogP contribution is 2.33. The molecule has 3 aromatic carbocycles. The maximum atomic E-state index is 12.8. The van der Waals surface area contributed by atoms with Gasteiger partial charge in [-0.05, 0) is 52.7 Å². The first-order chi connectivity index (χ1) is 15.1. The number of amides is 2. The summed E-state index contributed by atoms with van der Waals surface area (Å²) in [7, 11) is 0. The Hall–Kier alpha value is -3.82. The van der Waals surface area contributed by atoms with Crippen molar-refractivity contribution >= 4 is 29.0 Å². The smallest absolute Gasteiger partial charge is 0.293 e. The largest absolute Gasteiger partial charge is 0.489 e. The number of carbonyl (C=O) groups excluding carboxylic acids is 2. The minimum Gasteiger partial charge on any atom is -0.489 e. The van der Waals surface area contributed by atoms with Crippen LogP contribution in [0.3, 0.4) is 0 Å². The standard InChI is InChI=1S/C25H18N2O3S/c26-15-20-8-4-5-9-21(20)16-27-24(28)23(31-25(27)29)14-18-10-12-22(13-11-18)30-17-19-6-2-1-3-7-19/h1-14H,16-17H2/b23-14+. The summed E-state index contributed by atoms with van der Waals surface area (Å²) < 4.78 is 5.78. The highest BCUT2D eigenvalue weighted by molar-refractivity contribution is 8.18. The fourth-order valence-corrected chi connectivity index (χ4v) is 3.96. The zero-order chi connectivity index (χ0) is 21.6. The molecule has 0 spiro atoms. The number of thioether (sulfide) groups is 1. The Labute approximate surface area is 184 Å². The van der Waals surface area contributed by atoms with E-state index in [1.807, 2.05) is 54.6 Å². The van der Waals surface area contributed by atoms with Crippen LogP contribution in [0.25, 0.3) is 6.08 Å². The van der Waals surface area contributed by atoms with E-state index in [0.29, 0.717) is 22.6 Å². The third kappa shape index (κ3) is 4.85. The molecule has 1 aliphatic rings. The topological polar surface area (TPSA) is 70.4 Å². The molecule has 152 valence electrons. The zero-order valence-corrected chi connectivity index (χ0v) is 17.3. The number of nitriles is 1. The highest BCUT2D eigenvalue weighted by atomic mass is 32.2. The maximum absolute atomic E-state index is 12.8. The van der Waals surface area contributed by atoms with Crippen LogP contribution in [-0.2, 0) is 17.9 Å². The molecule has 1 heterocycles. The Kier molecular flexibility index (Phi) is 6.16. The summed E-state index contributed by atoms with van der Waals surface area (Å²) >= 11 is 0.905. The lowest BCUT2D eigenvalue weighted by molar-refractivity contribution is -0.123. The molecule has 1 aliphatic heterocycles. The van der Waals surface area contributed by atoms with E-state index in [-0.39, 0.29) is 17.7 Å². The third-order valence-electron chi connectivity index (χ3n) is 4.77. The van der Waals surface area contributed by atoms with Crippen LogP contribution in [0.1, 0.15) is 22.3 Å². The molecule has 6 heteroatoms. The summed E-state index contributed by atoms with van der Waals surface area (Å²) in [4.78, 5) is 26.7. The van der Waals surface area contributed by atoms with Gasteiger partial charge < -0.3 is 4.74 Å². The average molecular weight is 426 g/mol. The number of nitrogens with zero attached hydrogens (tertiary/aromatic N) is 2. The second-order valence-corrected chi connectivity index (χ2v) is 7.87. The van der Waals surface area contributed by atoms with E-state index in [1.165, 1.54) is 4.90 Å². The van der Waals surface area contributed by atoms with Gasteiger partial charge in [0.1, 0.15) is 12.4 Å². The van der Waals surface area contributed by atoms with Gasteiger partial charge in [0.25, 0.3) is 11.1 Å². The fraction of sp³-hybridized carbons (Fsp3) is 0.0800. The molecule has 5 nitrogen and oxygen atoms in total. The first kappa shape index (κ1) is 20.5. The summed E-state index contributed by atoms with van der Waals surface area (Å²) in [5.41, 5.74) is 2.98. The van der Waals surface area contributed by atoms with Gasteiger partial charge in [-0.3, -0.25) is 14.5 Å². The van der Waals surface area contributed by atoms with Gasteiger partial charge in [0.2, 0.25) is 0 Å². The molecule has 0 saturated carbocycles. The van der Waals surface area contributed by atoms with Gasteiger partial charge in [-0.2, -0.15) is 5.26 Å². The van der Waals surface area contributed by atoms with Crippen LogP contribution < -0.4 is 4.74 Å². The van der Waals surface area contributed by atoms with Gasteiger partial charge in [-0.25, -0.2) is 0 Å². The second kappa shape index (κ2) is 9.33. The van der Waals surface area contributed by atoms with Gasteiger partial charge in [0.05, 0.1) is 23.1 Å².